The maximum atomic E-state index is 11.6. The van der Waals surface area contributed by atoms with Crippen LogP contribution in [0.5, 0.6) is 11.5 Å². The zero-order valence-electron chi connectivity index (χ0n) is 12.6. The highest BCUT2D eigenvalue weighted by Gasteiger charge is 2.26. The monoisotopic (exact) mass is 290 g/mol. The van der Waals surface area contributed by atoms with Crippen LogP contribution in [0.3, 0.4) is 0 Å². The SMILES string of the molecule is CC(C)NC(=O)NCCc1c2c(cc3c1OCC3)OCC2. The fourth-order valence-corrected chi connectivity index (χ4v) is 2.96. The van der Waals surface area contributed by atoms with Gasteiger partial charge >= 0.3 is 6.03 Å². The maximum Gasteiger partial charge on any atom is 0.314 e. The number of amides is 2. The zero-order valence-corrected chi connectivity index (χ0v) is 12.6. The predicted octanol–water partition coefficient (Wildman–Crippen LogP) is 1.81. The van der Waals surface area contributed by atoms with Gasteiger partial charge in [0.25, 0.3) is 0 Å². The number of urea groups is 1. The molecule has 5 heteroatoms. The van der Waals surface area contributed by atoms with Crippen LogP contribution in [0.15, 0.2) is 6.07 Å². The van der Waals surface area contributed by atoms with Gasteiger partial charge in [0, 0.05) is 42.1 Å². The van der Waals surface area contributed by atoms with E-state index in [0.29, 0.717) is 6.54 Å². The van der Waals surface area contributed by atoms with E-state index < -0.39 is 0 Å². The Balaban J connectivity index is 1.70. The van der Waals surface area contributed by atoms with Gasteiger partial charge in [-0.05, 0) is 26.3 Å². The largest absolute Gasteiger partial charge is 0.493 e. The van der Waals surface area contributed by atoms with Crippen molar-refractivity contribution in [3.63, 3.8) is 0 Å². The number of ether oxygens (including phenoxy) is 2. The second-order valence-corrected chi connectivity index (χ2v) is 5.82. The van der Waals surface area contributed by atoms with Crippen LogP contribution in [0.4, 0.5) is 4.79 Å². The van der Waals surface area contributed by atoms with Gasteiger partial charge in [0.15, 0.2) is 0 Å². The van der Waals surface area contributed by atoms with Gasteiger partial charge in [-0.3, -0.25) is 0 Å². The third-order valence-corrected chi connectivity index (χ3v) is 3.84. The minimum absolute atomic E-state index is 0.119. The van der Waals surface area contributed by atoms with Crippen molar-refractivity contribution in [1.82, 2.24) is 10.6 Å². The Kier molecular flexibility index (Phi) is 3.90. The lowest BCUT2D eigenvalue weighted by Gasteiger charge is -2.14. The van der Waals surface area contributed by atoms with E-state index in [9.17, 15) is 4.79 Å². The smallest absolute Gasteiger partial charge is 0.314 e. The summed E-state index contributed by atoms with van der Waals surface area (Å²) in [6.45, 7) is 5.98. The molecule has 114 valence electrons. The minimum Gasteiger partial charge on any atom is -0.493 e. The van der Waals surface area contributed by atoms with Crippen molar-refractivity contribution >= 4 is 6.03 Å². The number of nitrogens with one attached hydrogen (secondary N) is 2. The van der Waals surface area contributed by atoms with E-state index in [1.54, 1.807) is 0 Å². The molecule has 21 heavy (non-hydrogen) atoms. The highest BCUT2D eigenvalue weighted by atomic mass is 16.5. The Bertz CT molecular complexity index is 523. The first-order valence-corrected chi connectivity index (χ1v) is 7.62. The first-order chi connectivity index (χ1) is 10.1. The number of benzene rings is 1. The van der Waals surface area contributed by atoms with E-state index in [2.05, 4.69) is 16.7 Å². The molecular formula is C16H22N2O3. The predicted molar refractivity (Wildman–Crippen MR) is 80.2 cm³/mol. The van der Waals surface area contributed by atoms with Gasteiger partial charge in [-0.1, -0.05) is 0 Å². The van der Waals surface area contributed by atoms with Crippen molar-refractivity contribution in [2.24, 2.45) is 0 Å². The molecule has 3 rings (SSSR count). The molecule has 0 fully saturated rings. The number of carbonyl (C=O) groups is 1. The summed E-state index contributed by atoms with van der Waals surface area (Å²) in [6.07, 6.45) is 2.65. The van der Waals surface area contributed by atoms with Gasteiger partial charge in [0.05, 0.1) is 13.2 Å². The minimum atomic E-state index is -0.119. The van der Waals surface area contributed by atoms with Gasteiger partial charge in [0.2, 0.25) is 0 Å². The highest BCUT2D eigenvalue weighted by Crippen LogP contribution is 2.40. The van der Waals surface area contributed by atoms with Gasteiger partial charge in [-0.2, -0.15) is 0 Å². The average molecular weight is 290 g/mol. The van der Waals surface area contributed by atoms with Crippen LogP contribution in [0, 0.1) is 0 Å². The molecule has 2 heterocycles. The van der Waals surface area contributed by atoms with Gasteiger partial charge in [-0.25, -0.2) is 4.79 Å². The number of fused-ring (bicyclic) bond motifs is 2. The lowest BCUT2D eigenvalue weighted by Crippen LogP contribution is -2.40. The summed E-state index contributed by atoms with van der Waals surface area (Å²) in [5.41, 5.74) is 3.70. The molecule has 0 saturated carbocycles. The third kappa shape index (κ3) is 2.91. The molecule has 0 aromatic heterocycles. The van der Waals surface area contributed by atoms with E-state index in [-0.39, 0.29) is 12.1 Å². The summed E-state index contributed by atoms with van der Waals surface area (Å²) < 4.78 is 11.5. The lowest BCUT2D eigenvalue weighted by atomic mass is 9.97. The van der Waals surface area contributed by atoms with Crippen LogP contribution < -0.4 is 20.1 Å². The number of rotatable bonds is 4. The Morgan fingerprint density at radius 2 is 2.10 bits per heavy atom. The Morgan fingerprint density at radius 3 is 2.90 bits per heavy atom. The maximum absolute atomic E-state index is 11.6. The number of hydrogen-bond donors (Lipinski definition) is 2. The van der Waals surface area contributed by atoms with Gasteiger partial charge in [-0.15, -0.1) is 0 Å². The van der Waals surface area contributed by atoms with Crippen molar-refractivity contribution in [3.8, 4) is 11.5 Å². The van der Waals surface area contributed by atoms with E-state index in [4.69, 9.17) is 9.47 Å². The highest BCUT2D eigenvalue weighted by molar-refractivity contribution is 5.74. The molecule has 0 unspecified atom stereocenters. The first kappa shape index (κ1) is 14.0. The van der Waals surface area contributed by atoms with Crippen LogP contribution in [0.1, 0.15) is 30.5 Å². The summed E-state index contributed by atoms with van der Waals surface area (Å²) in [7, 11) is 0. The molecule has 1 aromatic rings. The molecule has 2 amide bonds. The molecule has 0 spiro atoms. The fraction of sp³-hybridized carbons (Fsp3) is 0.562. The van der Waals surface area contributed by atoms with Crippen LogP contribution in [-0.2, 0) is 19.3 Å². The summed E-state index contributed by atoms with van der Waals surface area (Å²) in [4.78, 5) is 11.6. The quantitative estimate of drug-likeness (QED) is 0.889. The standard InChI is InChI=1S/C16H22N2O3/c1-10(2)18-16(19)17-6-3-13-12-5-8-20-14(12)9-11-4-7-21-15(11)13/h9-10H,3-8H2,1-2H3,(H2,17,18,19). The summed E-state index contributed by atoms with van der Waals surface area (Å²) in [5, 5.41) is 5.73. The van der Waals surface area contributed by atoms with Crippen molar-refractivity contribution in [2.75, 3.05) is 19.8 Å². The fourth-order valence-electron chi connectivity index (χ4n) is 2.96. The Morgan fingerprint density at radius 1 is 1.29 bits per heavy atom. The summed E-state index contributed by atoms with van der Waals surface area (Å²) >= 11 is 0. The molecule has 2 aliphatic heterocycles. The van der Waals surface area contributed by atoms with Crippen molar-refractivity contribution < 1.29 is 14.3 Å². The van der Waals surface area contributed by atoms with Crippen LogP contribution in [0.2, 0.25) is 0 Å². The van der Waals surface area contributed by atoms with Crippen molar-refractivity contribution in [1.29, 1.82) is 0 Å². The lowest BCUT2D eigenvalue weighted by molar-refractivity contribution is 0.238. The van der Waals surface area contributed by atoms with E-state index >= 15 is 0 Å². The molecule has 0 atom stereocenters. The second kappa shape index (κ2) is 5.84. The normalized spacial score (nSPS) is 15.2. The van der Waals surface area contributed by atoms with Crippen molar-refractivity contribution in [3.05, 3.63) is 22.8 Å². The Labute approximate surface area is 125 Å². The molecule has 5 nitrogen and oxygen atoms in total. The molecular weight excluding hydrogens is 268 g/mol. The number of carbonyl (C=O) groups excluding carboxylic acids is 1. The molecule has 0 aliphatic carbocycles. The molecule has 2 N–H and O–H groups in total. The van der Waals surface area contributed by atoms with E-state index in [1.165, 1.54) is 16.7 Å². The molecule has 0 bridgehead atoms. The molecule has 0 radical (unpaired) electrons. The average Bonchev–Trinajstić information content (AvgIpc) is 3.04. The number of hydrogen-bond acceptors (Lipinski definition) is 3. The zero-order chi connectivity index (χ0) is 14.8. The Hall–Kier alpha value is -1.91. The molecule has 1 aromatic carbocycles. The summed E-state index contributed by atoms with van der Waals surface area (Å²) in [6, 6.07) is 2.14. The van der Waals surface area contributed by atoms with Gasteiger partial charge in [0.1, 0.15) is 11.5 Å². The van der Waals surface area contributed by atoms with E-state index in [1.807, 2.05) is 13.8 Å². The van der Waals surface area contributed by atoms with Crippen LogP contribution in [0.25, 0.3) is 0 Å². The van der Waals surface area contributed by atoms with E-state index in [0.717, 1.165) is 44.0 Å². The second-order valence-electron chi connectivity index (χ2n) is 5.82. The van der Waals surface area contributed by atoms with Gasteiger partial charge < -0.3 is 20.1 Å². The molecule has 2 aliphatic rings. The topological polar surface area (TPSA) is 59.6 Å². The van der Waals surface area contributed by atoms with Crippen molar-refractivity contribution in [2.45, 2.75) is 39.2 Å². The van der Waals surface area contributed by atoms with Crippen LogP contribution >= 0.6 is 0 Å². The first-order valence-electron chi connectivity index (χ1n) is 7.62. The molecule has 0 saturated heterocycles. The third-order valence-electron chi connectivity index (χ3n) is 3.84. The summed E-state index contributed by atoms with van der Waals surface area (Å²) in [5.74, 6) is 2.02. The van der Waals surface area contributed by atoms with Crippen LogP contribution in [-0.4, -0.2) is 31.8 Å².